The highest BCUT2D eigenvalue weighted by molar-refractivity contribution is 5.94. The minimum Gasteiger partial charge on any atom is -0.497 e. The van der Waals surface area contributed by atoms with Crippen LogP contribution in [0, 0.1) is 0 Å². The summed E-state index contributed by atoms with van der Waals surface area (Å²) in [6, 6.07) is 19.5. The lowest BCUT2D eigenvalue weighted by Gasteiger charge is -2.33. The Morgan fingerprint density at radius 3 is 2.57 bits per heavy atom. The zero-order valence-electron chi connectivity index (χ0n) is 15.9. The van der Waals surface area contributed by atoms with E-state index in [0.29, 0.717) is 12.1 Å². The molecule has 0 aliphatic carbocycles. The summed E-state index contributed by atoms with van der Waals surface area (Å²) in [5.41, 5.74) is 2.72. The van der Waals surface area contributed by atoms with Crippen LogP contribution in [0.25, 0.3) is 11.3 Å². The highest BCUT2D eigenvalue weighted by atomic mass is 16.5. The van der Waals surface area contributed by atoms with Gasteiger partial charge in [0.1, 0.15) is 11.5 Å². The van der Waals surface area contributed by atoms with Gasteiger partial charge in [-0.3, -0.25) is 4.79 Å². The molecular formula is C23H24N2O3. The molecular weight excluding hydrogens is 352 g/mol. The van der Waals surface area contributed by atoms with Gasteiger partial charge in [-0.2, -0.15) is 0 Å². The largest absolute Gasteiger partial charge is 0.497 e. The van der Waals surface area contributed by atoms with Crippen molar-refractivity contribution < 1.29 is 13.9 Å². The number of hydrogen-bond donors (Lipinski definition) is 1. The van der Waals surface area contributed by atoms with Crippen LogP contribution >= 0.6 is 0 Å². The van der Waals surface area contributed by atoms with Crippen molar-refractivity contribution in [3.63, 3.8) is 0 Å². The van der Waals surface area contributed by atoms with Crippen molar-refractivity contribution in [1.29, 1.82) is 0 Å². The molecule has 2 heterocycles. The fourth-order valence-corrected chi connectivity index (χ4v) is 3.60. The topological polar surface area (TPSA) is 54.7 Å². The molecule has 0 unspecified atom stereocenters. The van der Waals surface area contributed by atoms with Crippen LogP contribution in [0.4, 0.5) is 5.69 Å². The van der Waals surface area contributed by atoms with Gasteiger partial charge in [-0.25, -0.2) is 0 Å². The number of methoxy groups -OCH3 is 1. The standard InChI is InChI=1S/C23H24N2O3/c1-27-21-12-10-19(11-13-21)24-20-4-2-14-25(16-20)23(26)18-8-6-17(7-9-18)22-5-3-15-28-22/h3,5-13,15,20,24H,2,4,14,16H2,1H3/t20-/m0/s1. The molecule has 28 heavy (non-hydrogen) atoms. The van der Waals surface area contributed by atoms with Crippen LogP contribution < -0.4 is 10.1 Å². The average Bonchev–Trinajstić information content (AvgIpc) is 3.29. The number of nitrogens with zero attached hydrogens (tertiary/aromatic N) is 1. The number of rotatable bonds is 5. The van der Waals surface area contributed by atoms with E-state index >= 15 is 0 Å². The molecule has 3 aromatic rings. The van der Waals surface area contributed by atoms with E-state index in [0.717, 1.165) is 42.1 Å². The van der Waals surface area contributed by atoms with Crippen molar-refractivity contribution in [1.82, 2.24) is 4.90 Å². The van der Waals surface area contributed by atoms with Crippen LogP contribution in [-0.2, 0) is 0 Å². The van der Waals surface area contributed by atoms with Gasteiger partial charge in [0.05, 0.1) is 13.4 Å². The Balaban J connectivity index is 1.40. The third-order valence-electron chi connectivity index (χ3n) is 5.11. The lowest BCUT2D eigenvalue weighted by atomic mass is 10.0. The molecule has 0 bridgehead atoms. The third-order valence-corrected chi connectivity index (χ3v) is 5.11. The average molecular weight is 376 g/mol. The number of ether oxygens (including phenoxy) is 1. The number of benzene rings is 2. The van der Waals surface area contributed by atoms with E-state index in [1.807, 2.05) is 65.6 Å². The summed E-state index contributed by atoms with van der Waals surface area (Å²) in [7, 11) is 1.66. The van der Waals surface area contributed by atoms with Crippen LogP contribution in [0.5, 0.6) is 5.75 Å². The number of furan rings is 1. The van der Waals surface area contributed by atoms with Crippen molar-refractivity contribution in [2.75, 3.05) is 25.5 Å². The molecule has 1 atom stereocenters. The zero-order valence-corrected chi connectivity index (χ0v) is 15.9. The van der Waals surface area contributed by atoms with E-state index in [1.54, 1.807) is 13.4 Å². The first kappa shape index (κ1) is 18.2. The molecule has 0 spiro atoms. The van der Waals surface area contributed by atoms with E-state index in [-0.39, 0.29) is 11.9 Å². The molecule has 5 heteroatoms. The molecule has 1 aromatic heterocycles. The van der Waals surface area contributed by atoms with Crippen LogP contribution in [0.3, 0.4) is 0 Å². The Hall–Kier alpha value is -3.21. The first-order chi connectivity index (χ1) is 13.7. The molecule has 4 rings (SSSR count). The molecule has 1 amide bonds. The summed E-state index contributed by atoms with van der Waals surface area (Å²) < 4.78 is 10.6. The number of piperidine rings is 1. The summed E-state index contributed by atoms with van der Waals surface area (Å²) >= 11 is 0. The van der Waals surface area contributed by atoms with Gasteiger partial charge in [0.2, 0.25) is 0 Å². The second-order valence-electron chi connectivity index (χ2n) is 7.02. The van der Waals surface area contributed by atoms with Crippen LogP contribution in [0.15, 0.2) is 71.3 Å². The molecule has 1 aliphatic heterocycles. The quantitative estimate of drug-likeness (QED) is 0.703. The molecule has 144 valence electrons. The SMILES string of the molecule is COc1ccc(N[C@H]2CCCN(C(=O)c3ccc(-c4ccco4)cc3)C2)cc1. The number of likely N-dealkylation sites (tertiary alicyclic amines) is 1. The highest BCUT2D eigenvalue weighted by Gasteiger charge is 2.24. The Kier molecular flexibility index (Phi) is 5.33. The van der Waals surface area contributed by atoms with Crippen LogP contribution in [0.2, 0.25) is 0 Å². The fraction of sp³-hybridized carbons (Fsp3) is 0.261. The number of carbonyl (C=O) groups excluding carboxylic acids is 1. The van der Waals surface area contributed by atoms with Crippen molar-refractivity contribution in [2.45, 2.75) is 18.9 Å². The monoisotopic (exact) mass is 376 g/mol. The summed E-state index contributed by atoms with van der Waals surface area (Å²) in [4.78, 5) is 14.9. The molecule has 1 aliphatic rings. The second kappa shape index (κ2) is 8.21. The van der Waals surface area contributed by atoms with Gasteiger partial charge in [-0.05, 0) is 61.4 Å². The smallest absolute Gasteiger partial charge is 0.253 e. The van der Waals surface area contributed by atoms with Crippen molar-refractivity contribution in [2.24, 2.45) is 0 Å². The summed E-state index contributed by atoms with van der Waals surface area (Å²) in [6.45, 7) is 1.49. The van der Waals surface area contributed by atoms with E-state index in [4.69, 9.17) is 9.15 Å². The maximum Gasteiger partial charge on any atom is 0.253 e. The molecule has 0 saturated carbocycles. The van der Waals surface area contributed by atoms with Gasteiger partial charge in [0.25, 0.3) is 5.91 Å². The molecule has 1 fully saturated rings. The van der Waals surface area contributed by atoms with E-state index in [2.05, 4.69) is 5.32 Å². The number of carbonyl (C=O) groups is 1. The van der Waals surface area contributed by atoms with E-state index in [9.17, 15) is 4.79 Å². The minimum atomic E-state index is 0.0761. The van der Waals surface area contributed by atoms with Crippen LogP contribution in [0.1, 0.15) is 23.2 Å². The summed E-state index contributed by atoms with van der Waals surface area (Å²) in [5.74, 6) is 1.72. The van der Waals surface area contributed by atoms with Gasteiger partial charge in [0, 0.05) is 35.9 Å². The lowest BCUT2D eigenvalue weighted by molar-refractivity contribution is 0.0715. The number of anilines is 1. The highest BCUT2D eigenvalue weighted by Crippen LogP contribution is 2.23. The first-order valence-electron chi connectivity index (χ1n) is 9.57. The predicted octanol–water partition coefficient (Wildman–Crippen LogP) is 4.67. The lowest BCUT2D eigenvalue weighted by Crippen LogP contribution is -2.45. The van der Waals surface area contributed by atoms with Gasteiger partial charge >= 0.3 is 0 Å². The van der Waals surface area contributed by atoms with Gasteiger partial charge < -0.3 is 19.4 Å². The molecule has 1 N–H and O–H groups in total. The summed E-state index contributed by atoms with van der Waals surface area (Å²) in [6.07, 6.45) is 3.69. The Labute approximate surface area is 164 Å². The van der Waals surface area contributed by atoms with Gasteiger partial charge in [-0.15, -0.1) is 0 Å². The maximum absolute atomic E-state index is 12.9. The van der Waals surface area contributed by atoms with Crippen molar-refractivity contribution >= 4 is 11.6 Å². The maximum atomic E-state index is 12.9. The van der Waals surface area contributed by atoms with Crippen molar-refractivity contribution in [3.05, 3.63) is 72.5 Å². The minimum absolute atomic E-state index is 0.0761. The van der Waals surface area contributed by atoms with E-state index < -0.39 is 0 Å². The Morgan fingerprint density at radius 2 is 1.89 bits per heavy atom. The number of hydrogen-bond acceptors (Lipinski definition) is 4. The van der Waals surface area contributed by atoms with Crippen molar-refractivity contribution in [3.8, 4) is 17.1 Å². The normalized spacial score (nSPS) is 16.6. The first-order valence-corrected chi connectivity index (χ1v) is 9.57. The second-order valence-corrected chi connectivity index (χ2v) is 7.02. The zero-order chi connectivity index (χ0) is 19.3. The van der Waals surface area contributed by atoms with E-state index in [1.165, 1.54) is 0 Å². The molecule has 2 aromatic carbocycles. The summed E-state index contributed by atoms with van der Waals surface area (Å²) in [5, 5.41) is 3.53. The Bertz CT molecular complexity index is 902. The Morgan fingerprint density at radius 1 is 1.11 bits per heavy atom. The van der Waals surface area contributed by atoms with Gasteiger partial charge in [0.15, 0.2) is 0 Å². The third kappa shape index (κ3) is 4.03. The van der Waals surface area contributed by atoms with Crippen LogP contribution in [-0.4, -0.2) is 37.0 Å². The predicted molar refractivity (Wildman–Crippen MR) is 110 cm³/mol. The molecule has 1 saturated heterocycles. The van der Waals surface area contributed by atoms with Gasteiger partial charge in [-0.1, -0.05) is 12.1 Å². The molecule has 0 radical (unpaired) electrons. The fourth-order valence-electron chi connectivity index (χ4n) is 3.60. The number of nitrogens with one attached hydrogen (secondary N) is 1. The molecule has 5 nitrogen and oxygen atoms in total. The number of amides is 1.